The van der Waals surface area contributed by atoms with Crippen molar-refractivity contribution in [1.82, 2.24) is 19.2 Å². The number of hydrogen-bond acceptors (Lipinski definition) is 5. The number of imidazole rings is 1. The predicted octanol–water partition coefficient (Wildman–Crippen LogP) is 0.0594. The van der Waals surface area contributed by atoms with Crippen molar-refractivity contribution in [3.63, 3.8) is 0 Å². The van der Waals surface area contributed by atoms with Gasteiger partial charge in [0.25, 0.3) is 5.91 Å². The molecule has 7 heteroatoms. The van der Waals surface area contributed by atoms with Crippen LogP contribution in [0.4, 0.5) is 0 Å². The van der Waals surface area contributed by atoms with Gasteiger partial charge in [0, 0.05) is 45.0 Å². The third-order valence-corrected chi connectivity index (χ3v) is 4.01. The summed E-state index contributed by atoms with van der Waals surface area (Å²) in [6.45, 7) is 5.94. The molecule has 1 fully saturated rings. The molecule has 0 spiro atoms. The number of rotatable bonds is 5. The monoisotopic (exact) mass is 303 g/mol. The molecule has 0 aliphatic carbocycles. The molecule has 3 rings (SSSR count). The number of carbonyl (C=O) groups excluding carboxylic acids is 1. The molecular weight excluding hydrogens is 282 g/mol. The van der Waals surface area contributed by atoms with Crippen molar-refractivity contribution >= 4 is 11.6 Å². The summed E-state index contributed by atoms with van der Waals surface area (Å²) in [6.07, 6.45) is 3.24. The summed E-state index contributed by atoms with van der Waals surface area (Å²) in [5, 5.41) is 0. The van der Waals surface area contributed by atoms with E-state index >= 15 is 0 Å². The molecule has 7 nitrogen and oxygen atoms in total. The Balaban J connectivity index is 1.57. The van der Waals surface area contributed by atoms with E-state index in [1.165, 1.54) is 6.20 Å². The highest BCUT2D eigenvalue weighted by atomic mass is 16.5. The standard InChI is InChI=1S/C15H21N5O2/c1-18-4-6-19(7-5-18)8-9-22-12-2-3-20-13(15(16)21)11-17-14(20)10-12/h2-3,10-11H,4-9H2,1H3,(H2,16,21). The summed E-state index contributed by atoms with van der Waals surface area (Å²) in [5.41, 5.74) is 6.33. The second kappa shape index (κ2) is 6.33. The molecule has 118 valence electrons. The second-order valence-electron chi connectivity index (χ2n) is 5.59. The van der Waals surface area contributed by atoms with E-state index in [1.807, 2.05) is 12.1 Å². The molecule has 0 radical (unpaired) electrons. The summed E-state index contributed by atoms with van der Waals surface area (Å²) >= 11 is 0. The molecule has 0 bridgehead atoms. The highest BCUT2D eigenvalue weighted by Crippen LogP contribution is 2.15. The Morgan fingerprint density at radius 1 is 1.36 bits per heavy atom. The first-order chi connectivity index (χ1) is 10.6. The van der Waals surface area contributed by atoms with Crippen LogP contribution in [-0.4, -0.2) is 71.5 Å². The van der Waals surface area contributed by atoms with E-state index in [0.717, 1.165) is 38.5 Å². The van der Waals surface area contributed by atoms with E-state index in [4.69, 9.17) is 10.5 Å². The van der Waals surface area contributed by atoms with Crippen LogP contribution in [-0.2, 0) is 0 Å². The summed E-state index contributed by atoms with van der Waals surface area (Å²) in [7, 11) is 2.15. The lowest BCUT2D eigenvalue weighted by Gasteiger charge is -2.32. The van der Waals surface area contributed by atoms with Crippen molar-refractivity contribution < 1.29 is 9.53 Å². The number of amides is 1. The van der Waals surface area contributed by atoms with Gasteiger partial charge >= 0.3 is 0 Å². The van der Waals surface area contributed by atoms with E-state index < -0.39 is 5.91 Å². The molecule has 1 aliphatic heterocycles. The van der Waals surface area contributed by atoms with Crippen LogP contribution in [0, 0.1) is 0 Å². The van der Waals surface area contributed by atoms with Gasteiger partial charge in [-0.1, -0.05) is 0 Å². The summed E-state index contributed by atoms with van der Waals surface area (Å²) < 4.78 is 7.45. The van der Waals surface area contributed by atoms with Gasteiger partial charge in [-0.3, -0.25) is 14.1 Å². The normalized spacial score (nSPS) is 17.0. The lowest BCUT2D eigenvalue weighted by molar-refractivity contribution is 0.0994. The van der Waals surface area contributed by atoms with Gasteiger partial charge in [-0.05, 0) is 13.1 Å². The average molecular weight is 303 g/mol. The van der Waals surface area contributed by atoms with Crippen LogP contribution in [0.1, 0.15) is 10.5 Å². The molecule has 1 aliphatic rings. The highest BCUT2D eigenvalue weighted by molar-refractivity contribution is 5.91. The van der Waals surface area contributed by atoms with E-state index in [9.17, 15) is 4.79 Å². The third-order valence-electron chi connectivity index (χ3n) is 4.01. The predicted molar refractivity (Wildman–Crippen MR) is 83.1 cm³/mol. The van der Waals surface area contributed by atoms with Gasteiger partial charge in [0.05, 0.1) is 6.20 Å². The lowest BCUT2D eigenvalue weighted by Crippen LogP contribution is -2.45. The average Bonchev–Trinajstić information content (AvgIpc) is 2.92. The Hall–Kier alpha value is -2.12. The molecule has 0 unspecified atom stereocenters. The topological polar surface area (TPSA) is 76.1 Å². The first-order valence-corrected chi connectivity index (χ1v) is 7.44. The van der Waals surface area contributed by atoms with E-state index in [2.05, 4.69) is 21.8 Å². The Morgan fingerprint density at radius 3 is 2.86 bits per heavy atom. The fourth-order valence-electron chi connectivity index (χ4n) is 2.60. The van der Waals surface area contributed by atoms with E-state index in [-0.39, 0.29) is 0 Å². The largest absolute Gasteiger partial charge is 0.492 e. The van der Waals surface area contributed by atoms with Crippen molar-refractivity contribution in [3.8, 4) is 5.75 Å². The number of hydrogen-bond donors (Lipinski definition) is 1. The lowest BCUT2D eigenvalue weighted by atomic mass is 10.3. The number of likely N-dealkylation sites (N-methyl/N-ethyl adjacent to an activating group) is 1. The van der Waals surface area contributed by atoms with Gasteiger partial charge in [0.2, 0.25) is 0 Å². The fraction of sp³-hybridized carbons (Fsp3) is 0.467. The van der Waals surface area contributed by atoms with Crippen LogP contribution >= 0.6 is 0 Å². The Morgan fingerprint density at radius 2 is 2.14 bits per heavy atom. The van der Waals surface area contributed by atoms with Gasteiger partial charge < -0.3 is 15.4 Å². The minimum absolute atomic E-state index is 0.374. The molecule has 2 aromatic rings. The van der Waals surface area contributed by atoms with Crippen molar-refractivity contribution in [2.45, 2.75) is 0 Å². The fourth-order valence-corrected chi connectivity index (χ4v) is 2.60. The maximum atomic E-state index is 11.3. The number of primary amides is 1. The van der Waals surface area contributed by atoms with Crippen LogP contribution in [0.3, 0.4) is 0 Å². The molecule has 2 aromatic heterocycles. The number of piperazine rings is 1. The first-order valence-electron chi connectivity index (χ1n) is 7.44. The number of nitrogens with two attached hydrogens (primary N) is 1. The maximum absolute atomic E-state index is 11.3. The van der Waals surface area contributed by atoms with Crippen molar-refractivity contribution in [2.24, 2.45) is 5.73 Å². The Kier molecular flexibility index (Phi) is 4.26. The maximum Gasteiger partial charge on any atom is 0.267 e. The summed E-state index contributed by atoms with van der Waals surface area (Å²) in [4.78, 5) is 20.2. The zero-order valence-electron chi connectivity index (χ0n) is 12.7. The molecule has 0 atom stereocenters. The molecule has 0 aromatic carbocycles. The zero-order chi connectivity index (χ0) is 15.5. The minimum atomic E-state index is -0.490. The van der Waals surface area contributed by atoms with Crippen LogP contribution < -0.4 is 10.5 Å². The number of aromatic nitrogens is 2. The van der Waals surface area contributed by atoms with Crippen molar-refractivity contribution in [3.05, 3.63) is 30.2 Å². The third kappa shape index (κ3) is 3.20. The van der Waals surface area contributed by atoms with Gasteiger partial charge in [0.1, 0.15) is 23.7 Å². The Bertz CT molecular complexity index is 661. The van der Waals surface area contributed by atoms with Gasteiger partial charge in [-0.15, -0.1) is 0 Å². The highest BCUT2D eigenvalue weighted by Gasteiger charge is 2.13. The quantitative estimate of drug-likeness (QED) is 0.845. The number of fused-ring (bicyclic) bond motifs is 1. The molecule has 0 saturated carbocycles. The van der Waals surface area contributed by atoms with Crippen molar-refractivity contribution in [1.29, 1.82) is 0 Å². The summed E-state index contributed by atoms with van der Waals surface area (Å²) in [6, 6.07) is 3.64. The van der Waals surface area contributed by atoms with Crippen LogP contribution in [0.5, 0.6) is 5.75 Å². The summed E-state index contributed by atoms with van der Waals surface area (Å²) in [5.74, 6) is 0.263. The smallest absolute Gasteiger partial charge is 0.267 e. The van der Waals surface area contributed by atoms with E-state index in [1.54, 1.807) is 10.6 Å². The van der Waals surface area contributed by atoms with Gasteiger partial charge in [-0.25, -0.2) is 4.98 Å². The molecule has 3 heterocycles. The zero-order valence-corrected chi connectivity index (χ0v) is 12.7. The van der Waals surface area contributed by atoms with Crippen LogP contribution in [0.15, 0.2) is 24.5 Å². The minimum Gasteiger partial charge on any atom is -0.492 e. The first kappa shape index (κ1) is 14.8. The number of ether oxygens (including phenoxy) is 1. The molecule has 1 saturated heterocycles. The van der Waals surface area contributed by atoms with Crippen molar-refractivity contribution in [2.75, 3.05) is 46.4 Å². The SMILES string of the molecule is CN1CCN(CCOc2ccn3c(C(N)=O)cnc3c2)CC1. The van der Waals surface area contributed by atoms with E-state index in [0.29, 0.717) is 17.9 Å². The van der Waals surface area contributed by atoms with Gasteiger partial charge in [-0.2, -0.15) is 0 Å². The van der Waals surface area contributed by atoms with Gasteiger partial charge in [0.15, 0.2) is 0 Å². The second-order valence-corrected chi connectivity index (χ2v) is 5.59. The molecule has 2 N–H and O–H groups in total. The molecule has 22 heavy (non-hydrogen) atoms. The molecular formula is C15H21N5O2. The Labute approximate surface area is 129 Å². The molecule has 1 amide bonds. The van der Waals surface area contributed by atoms with Crippen LogP contribution in [0.2, 0.25) is 0 Å². The number of carbonyl (C=O) groups is 1. The number of nitrogens with zero attached hydrogens (tertiary/aromatic N) is 4. The number of pyridine rings is 1. The van der Waals surface area contributed by atoms with Crippen LogP contribution in [0.25, 0.3) is 5.65 Å².